The normalized spacial score (nSPS) is 18.4. The molecule has 1 saturated heterocycles. The summed E-state index contributed by atoms with van der Waals surface area (Å²) in [4.78, 5) is 7.17. The third-order valence-electron chi connectivity index (χ3n) is 5.15. The van der Waals surface area contributed by atoms with Gasteiger partial charge < -0.3 is 20.1 Å². The summed E-state index contributed by atoms with van der Waals surface area (Å²) in [6, 6.07) is 8.39. The number of rotatable bonds is 6. The number of aliphatic imine (C=N–C) groups is 1. The van der Waals surface area contributed by atoms with Crippen molar-refractivity contribution in [3.63, 3.8) is 0 Å². The average molecular weight is 404 g/mol. The fourth-order valence-electron chi connectivity index (χ4n) is 3.81. The molecule has 2 unspecified atom stereocenters. The average Bonchev–Trinajstić information content (AvgIpc) is 3.26. The molecular weight excluding hydrogens is 374 g/mol. The van der Waals surface area contributed by atoms with Crippen molar-refractivity contribution >= 4 is 23.2 Å². The molecule has 28 heavy (non-hydrogen) atoms. The molecule has 2 heterocycles. The molecule has 1 aromatic heterocycles. The number of benzene rings is 1. The highest BCUT2D eigenvalue weighted by atomic mass is 35.5. The Morgan fingerprint density at radius 1 is 1.43 bits per heavy atom. The van der Waals surface area contributed by atoms with E-state index in [0.29, 0.717) is 12.6 Å². The highest BCUT2D eigenvalue weighted by molar-refractivity contribution is 6.30. The van der Waals surface area contributed by atoms with Crippen LogP contribution in [0.1, 0.15) is 43.2 Å². The Balaban J connectivity index is 1.61. The second kappa shape index (κ2) is 9.32. The van der Waals surface area contributed by atoms with Crippen LogP contribution in [0.4, 0.5) is 5.69 Å². The van der Waals surface area contributed by atoms with Gasteiger partial charge in [0.05, 0.1) is 5.69 Å². The lowest BCUT2D eigenvalue weighted by atomic mass is 10.00. The van der Waals surface area contributed by atoms with E-state index in [1.165, 1.54) is 5.69 Å². The van der Waals surface area contributed by atoms with Gasteiger partial charge in [-0.25, -0.2) is 0 Å². The number of aromatic nitrogens is 1. The largest absolute Gasteiger partial charge is 0.369 e. The minimum absolute atomic E-state index is 0.258. The van der Waals surface area contributed by atoms with Crippen molar-refractivity contribution in [2.24, 2.45) is 4.99 Å². The second-order valence-electron chi connectivity index (χ2n) is 7.41. The van der Waals surface area contributed by atoms with E-state index in [0.717, 1.165) is 54.1 Å². The minimum atomic E-state index is 0.258. The van der Waals surface area contributed by atoms with Gasteiger partial charge in [0.15, 0.2) is 5.96 Å². The molecule has 2 atom stereocenters. The van der Waals surface area contributed by atoms with E-state index >= 15 is 0 Å². The van der Waals surface area contributed by atoms with Crippen molar-refractivity contribution < 1.29 is 4.52 Å². The van der Waals surface area contributed by atoms with Gasteiger partial charge in [0.25, 0.3) is 0 Å². The molecule has 6 nitrogen and oxygen atoms in total. The van der Waals surface area contributed by atoms with E-state index in [2.05, 4.69) is 40.6 Å². The molecule has 0 saturated carbocycles. The Morgan fingerprint density at radius 2 is 2.25 bits per heavy atom. The maximum absolute atomic E-state index is 6.14. The van der Waals surface area contributed by atoms with E-state index in [-0.39, 0.29) is 5.92 Å². The van der Waals surface area contributed by atoms with Gasteiger partial charge in [0, 0.05) is 54.4 Å². The van der Waals surface area contributed by atoms with Gasteiger partial charge in [0.1, 0.15) is 5.76 Å². The monoisotopic (exact) mass is 403 g/mol. The SMILES string of the molecule is CCNC(=NCC(C)c1c(C)noc1C)NC1CCN(c2cccc(Cl)c2)C1. The van der Waals surface area contributed by atoms with E-state index < -0.39 is 0 Å². The first-order valence-electron chi connectivity index (χ1n) is 9.96. The van der Waals surface area contributed by atoms with Crippen LogP contribution in [0.25, 0.3) is 0 Å². The molecular formula is C21H30ClN5O. The maximum atomic E-state index is 6.14. The summed E-state index contributed by atoms with van der Waals surface area (Å²) in [5.74, 6) is 2.00. The fraction of sp³-hybridized carbons (Fsp3) is 0.524. The van der Waals surface area contributed by atoms with Crippen molar-refractivity contribution in [1.29, 1.82) is 0 Å². The summed E-state index contributed by atoms with van der Waals surface area (Å²) in [7, 11) is 0. The minimum Gasteiger partial charge on any atom is -0.369 e. The molecule has 1 aliphatic rings. The van der Waals surface area contributed by atoms with Crippen LogP contribution in [0.5, 0.6) is 0 Å². The number of aryl methyl sites for hydroxylation is 2. The standard InChI is InChI=1S/C21H30ClN5O/c1-5-23-21(24-12-14(2)20-15(3)26-28-16(20)4)25-18-9-10-27(13-18)19-8-6-7-17(22)11-19/h6-8,11,14,18H,5,9-10,12-13H2,1-4H3,(H2,23,24,25). The third-order valence-corrected chi connectivity index (χ3v) is 5.39. The molecule has 0 aliphatic carbocycles. The van der Waals surface area contributed by atoms with Crippen molar-refractivity contribution in [2.45, 2.75) is 46.1 Å². The van der Waals surface area contributed by atoms with Gasteiger partial charge in [0.2, 0.25) is 0 Å². The summed E-state index contributed by atoms with van der Waals surface area (Å²) >= 11 is 6.14. The molecule has 2 aromatic rings. The predicted octanol–water partition coefficient (Wildman–Crippen LogP) is 3.88. The van der Waals surface area contributed by atoms with Gasteiger partial charge in [-0.15, -0.1) is 0 Å². The molecule has 0 radical (unpaired) electrons. The fourth-order valence-corrected chi connectivity index (χ4v) is 4.00. The van der Waals surface area contributed by atoms with Gasteiger partial charge in [-0.2, -0.15) is 0 Å². The van der Waals surface area contributed by atoms with Crippen LogP contribution in [0.2, 0.25) is 5.02 Å². The second-order valence-corrected chi connectivity index (χ2v) is 7.85. The first-order valence-corrected chi connectivity index (χ1v) is 10.3. The Kier molecular flexibility index (Phi) is 6.83. The Hall–Kier alpha value is -2.21. The lowest BCUT2D eigenvalue weighted by Crippen LogP contribution is -2.44. The maximum Gasteiger partial charge on any atom is 0.191 e. The quantitative estimate of drug-likeness (QED) is 0.566. The van der Waals surface area contributed by atoms with Crippen LogP contribution in [-0.2, 0) is 0 Å². The molecule has 0 bridgehead atoms. The zero-order chi connectivity index (χ0) is 20.1. The molecule has 3 rings (SSSR count). The highest BCUT2D eigenvalue weighted by Crippen LogP contribution is 2.24. The number of guanidine groups is 1. The molecule has 1 aromatic carbocycles. The first kappa shape index (κ1) is 20.5. The topological polar surface area (TPSA) is 65.7 Å². The van der Waals surface area contributed by atoms with Crippen LogP contribution in [0.15, 0.2) is 33.8 Å². The zero-order valence-corrected chi connectivity index (χ0v) is 17.9. The first-order chi connectivity index (χ1) is 13.5. The number of halogens is 1. The van der Waals surface area contributed by atoms with Crippen LogP contribution in [0, 0.1) is 13.8 Å². The van der Waals surface area contributed by atoms with Gasteiger partial charge in [-0.1, -0.05) is 29.7 Å². The van der Waals surface area contributed by atoms with Gasteiger partial charge in [-0.3, -0.25) is 4.99 Å². The number of hydrogen-bond acceptors (Lipinski definition) is 4. The third kappa shape index (κ3) is 4.98. The van der Waals surface area contributed by atoms with Gasteiger partial charge >= 0.3 is 0 Å². The summed E-state index contributed by atoms with van der Waals surface area (Å²) < 4.78 is 5.30. The molecule has 152 valence electrons. The lowest BCUT2D eigenvalue weighted by Gasteiger charge is -2.21. The van der Waals surface area contributed by atoms with E-state index in [4.69, 9.17) is 21.1 Å². The number of nitrogens with zero attached hydrogens (tertiary/aromatic N) is 3. The Labute approximate surface area is 172 Å². The molecule has 0 spiro atoms. The Bertz CT molecular complexity index is 799. The number of nitrogens with one attached hydrogen (secondary N) is 2. The highest BCUT2D eigenvalue weighted by Gasteiger charge is 2.24. The predicted molar refractivity (Wildman–Crippen MR) is 116 cm³/mol. The van der Waals surface area contributed by atoms with E-state index in [1.54, 1.807) is 0 Å². The number of hydrogen-bond donors (Lipinski definition) is 2. The van der Waals surface area contributed by atoms with Crippen LogP contribution < -0.4 is 15.5 Å². The van der Waals surface area contributed by atoms with Crippen molar-refractivity contribution in [2.75, 3.05) is 31.1 Å². The summed E-state index contributed by atoms with van der Waals surface area (Å²) in [6.45, 7) is 11.6. The van der Waals surface area contributed by atoms with Crippen molar-refractivity contribution in [1.82, 2.24) is 15.8 Å². The van der Waals surface area contributed by atoms with Crippen LogP contribution in [0.3, 0.4) is 0 Å². The van der Waals surface area contributed by atoms with Gasteiger partial charge in [-0.05, 0) is 45.4 Å². The lowest BCUT2D eigenvalue weighted by molar-refractivity contribution is 0.391. The molecule has 7 heteroatoms. The van der Waals surface area contributed by atoms with Crippen molar-refractivity contribution in [3.05, 3.63) is 46.3 Å². The smallest absolute Gasteiger partial charge is 0.191 e. The molecule has 1 fully saturated rings. The summed E-state index contributed by atoms with van der Waals surface area (Å²) in [6.07, 6.45) is 1.07. The Morgan fingerprint density at radius 3 is 2.93 bits per heavy atom. The number of anilines is 1. The summed E-state index contributed by atoms with van der Waals surface area (Å²) in [5, 5.41) is 11.8. The zero-order valence-electron chi connectivity index (χ0n) is 17.1. The van der Waals surface area contributed by atoms with E-state index in [1.807, 2.05) is 32.0 Å². The molecule has 2 N–H and O–H groups in total. The summed E-state index contributed by atoms with van der Waals surface area (Å²) in [5.41, 5.74) is 3.28. The van der Waals surface area contributed by atoms with Crippen molar-refractivity contribution in [3.8, 4) is 0 Å². The van der Waals surface area contributed by atoms with Crippen LogP contribution >= 0.6 is 11.6 Å². The molecule has 0 amide bonds. The van der Waals surface area contributed by atoms with E-state index in [9.17, 15) is 0 Å². The molecule has 1 aliphatic heterocycles. The van der Waals surface area contributed by atoms with Crippen LogP contribution in [-0.4, -0.2) is 43.3 Å².